The van der Waals surface area contributed by atoms with Crippen molar-refractivity contribution >= 4 is 26.8 Å². The van der Waals surface area contributed by atoms with Gasteiger partial charge in [0.15, 0.2) is 9.84 Å². The van der Waals surface area contributed by atoms with Crippen molar-refractivity contribution in [2.24, 2.45) is 0 Å². The van der Waals surface area contributed by atoms with Crippen LogP contribution in [0, 0.1) is 6.92 Å². The molecule has 1 atom stereocenters. The summed E-state index contributed by atoms with van der Waals surface area (Å²) in [4.78, 5) is 19.2. The number of imidazole rings is 1. The Kier molecular flexibility index (Phi) is 4.18. The van der Waals surface area contributed by atoms with E-state index in [1.165, 1.54) is 6.08 Å². The zero-order chi connectivity index (χ0) is 16.4. The summed E-state index contributed by atoms with van der Waals surface area (Å²) in [6.45, 7) is 2.03. The second-order valence-corrected chi connectivity index (χ2v) is 7.46. The molecule has 8 heteroatoms. The molecule has 2 aromatic rings. The number of sulfone groups is 1. The average Bonchev–Trinajstić information content (AvgIpc) is 3.01. The molecule has 3 rings (SSSR count). The maximum absolute atomic E-state index is 11.7. The molecule has 0 aliphatic carbocycles. The number of benzene rings is 1. The predicted octanol–water partition coefficient (Wildman–Crippen LogP) is 0.815. The maximum Gasteiger partial charge on any atom is 0.246 e. The molecule has 7 nitrogen and oxygen atoms in total. The first-order chi connectivity index (χ1) is 10.9. The van der Waals surface area contributed by atoms with Crippen LogP contribution in [0.1, 0.15) is 11.4 Å². The van der Waals surface area contributed by atoms with E-state index < -0.39 is 15.9 Å². The number of carbonyl (C=O) groups excluding carboxylic acids is 1. The Morgan fingerprint density at radius 3 is 3.04 bits per heavy atom. The van der Waals surface area contributed by atoms with E-state index in [1.807, 2.05) is 25.1 Å². The Morgan fingerprint density at radius 2 is 2.30 bits per heavy atom. The van der Waals surface area contributed by atoms with Crippen molar-refractivity contribution in [3.05, 3.63) is 41.1 Å². The molecule has 1 aliphatic rings. The van der Waals surface area contributed by atoms with Crippen molar-refractivity contribution in [3.63, 3.8) is 0 Å². The number of hydrogen-bond donors (Lipinski definition) is 2. The number of nitrogens with one attached hydrogen (secondary N) is 2. The molecule has 0 fully saturated rings. The lowest BCUT2D eigenvalue weighted by Crippen LogP contribution is -2.37. The lowest BCUT2D eigenvalue weighted by atomic mass is 10.2. The van der Waals surface area contributed by atoms with Crippen LogP contribution in [0.2, 0.25) is 0 Å². The molecule has 1 unspecified atom stereocenters. The summed E-state index contributed by atoms with van der Waals surface area (Å²) < 4.78 is 27.8. The largest absolute Gasteiger partial charge is 0.364 e. The molecule has 2 N–H and O–H groups in total. The van der Waals surface area contributed by atoms with Gasteiger partial charge in [0, 0.05) is 5.41 Å². The number of fused-ring (bicyclic) bond motifs is 1. The van der Waals surface area contributed by atoms with E-state index in [4.69, 9.17) is 4.74 Å². The van der Waals surface area contributed by atoms with Gasteiger partial charge in [0.25, 0.3) is 0 Å². The van der Waals surface area contributed by atoms with Crippen LogP contribution in [0.25, 0.3) is 11.0 Å². The van der Waals surface area contributed by atoms with Gasteiger partial charge in [-0.05, 0) is 30.7 Å². The van der Waals surface area contributed by atoms with Gasteiger partial charge in [0.1, 0.15) is 19.0 Å². The minimum atomic E-state index is -3.17. The lowest BCUT2D eigenvalue weighted by Gasteiger charge is -2.09. The smallest absolute Gasteiger partial charge is 0.246 e. The number of H-pyrrole nitrogens is 1. The molecule has 0 saturated carbocycles. The topological polar surface area (TPSA) is 101 Å². The number of amides is 1. The van der Waals surface area contributed by atoms with Gasteiger partial charge >= 0.3 is 0 Å². The number of nitrogens with zero attached hydrogens (tertiary/aromatic N) is 1. The summed E-state index contributed by atoms with van der Waals surface area (Å²) in [6.07, 6.45) is 1.47. The Balaban J connectivity index is 1.48. The van der Waals surface area contributed by atoms with Gasteiger partial charge in [-0.25, -0.2) is 13.4 Å². The summed E-state index contributed by atoms with van der Waals surface area (Å²) in [5.74, 6) is 0.187. The molecule has 1 amide bonds. The molecule has 0 bridgehead atoms. The molecule has 1 aliphatic heterocycles. The molecule has 0 saturated heterocycles. The van der Waals surface area contributed by atoms with Crippen molar-refractivity contribution in [3.8, 4) is 0 Å². The van der Waals surface area contributed by atoms with Crippen LogP contribution in [-0.2, 0) is 26.0 Å². The van der Waals surface area contributed by atoms with Crippen LogP contribution >= 0.6 is 0 Å². The highest BCUT2D eigenvalue weighted by Crippen LogP contribution is 2.13. The molecular weight excluding hydrogens is 318 g/mol. The molecule has 0 spiro atoms. The first-order valence-electron chi connectivity index (χ1n) is 7.15. The minimum Gasteiger partial charge on any atom is -0.364 e. The van der Waals surface area contributed by atoms with Gasteiger partial charge in [0.05, 0.1) is 22.8 Å². The summed E-state index contributed by atoms with van der Waals surface area (Å²) in [7, 11) is -3.17. The number of aromatic nitrogens is 2. The van der Waals surface area contributed by atoms with Crippen LogP contribution in [0.15, 0.2) is 29.7 Å². The van der Waals surface area contributed by atoms with E-state index in [0.29, 0.717) is 5.82 Å². The standard InChI is InChI=1S/C15H17N3O4S/c1-10-2-3-12-13(6-10)18-14(17-12)7-22-8-15(19)16-11-4-5-23(20,21)9-11/h2-6,11H,7-9H2,1H3,(H,16,19)(H,17,18). The number of rotatable bonds is 5. The highest BCUT2D eigenvalue weighted by Gasteiger charge is 2.22. The van der Waals surface area contributed by atoms with E-state index in [2.05, 4.69) is 15.3 Å². The maximum atomic E-state index is 11.7. The zero-order valence-electron chi connectivity index (χ0n) is 12.6. The number of hydrogen-bond acceptors (Lipinski definition) is 5. The third-order valence-corrected chi connectivity index (χ3v) is 4.83. The lowest BCUT2D eigenvalue weighted by molar-refractivity contribution is -0.126. The number of ether oxygens (including phenoxy) is 1. The monoisotopic (exact) mass is 335 g/mol. The zero-order valence-corrected chi connectivity index (χ0v) is 13.4. The van der Waals surface area contributed by atoms with E-state index in [0.717, 1.165) is 22.0 Å². The fourth-order valence-corrected chi connectivity index (χ4v) is 3.63. The first-order valence-corrected chi connectivity index (χ1v) is 8.86. The second-order valence-electron chi connectivity index (χ2n) is 5.53. The summed E-state index contributed by atoms with van der Waals surface area (Å²) in [5.41, 5.74) is 2.90. The molecule has 0 radical (unpaired) electrons. The van der Waals surface area contributed by atoms with Crippen LogP contribution < -0.4 is 5.32 Å². The van der Waals surface area contributed by atoms with Crippen LogP contribution in [0.3, 0.4) is 0 Å². The van der Waals surface area contributed by atoms with Gasteiger partial charge in [-0.15, -0.1) is 0 Å². The van der Waals surface area contributed by atoms with Crippen molar-refractivity contribution in [1.82, 2.24) is 15.3 Å². The van der Waals surface area contributed by atoms with Gasteiger partial charge in [-0.3, -0.25) is 4.79 Å². The van der Waals surface area contributed by atoms with E-state index in [-0.39, 0.29) is 24.9 Å². The second kappa shape index (κ2) is 6.13. The van der Waals surface area contributed by atoms with Crippen LogP contribution in [0.5, 0.6) is 0 Å². The number of aromatic amines is 1. The van der Waals surface area contributed by atoms with Gasteiger partial charge in [-0.1, -0.05) is 6.07 Å². The van der Waals surface area contributed by atoms with Crippen LogP contribution in [-0.4, -0.2) is 42.7 Å². The molecule has 1 aromatic carbocycles. The fourth-order valence-electron chi connectivity index (χ4n) is 2.40. The predicted molar refractivity (Wildman–Crippen MR) is 85.3 cm³/mol. The fraction of sp³-hybridized carbons (Fsp3) is 0.333. The Morgan fingerprint density at radius 1 is 1.48 bits per heavy atom. The van der Waals surface area contributed by atoms with E-state index in [9.17, 15) is 13.2 Å². The molecule has 23 heavy (non-hydrogen) atoms. The minimum absolute atomic E-state index is 0.0956. The van der Waals surface area contributed by atoms with E-state index in [1.54, 1.807) is 0 Å². The molecule has 122 valence electrons. The van der Waals surface area contributed by atoms with Crippen molar-refractivity contribution in [2.75, 3.05) is 12.4 Å². The van der Waals surface area contributed by atoms with Crippen LogP contribution in [0.4, 0.5) is 0 Å². The molecule has 2 heterocycles. The van der Waals surface area contributed by atoms with Gasteiger partial charge in [0.2, 0.25) is 5.91 Å². The quantitative estimate of drug-likeness (QED) is 0.842. The van der Waals surface area contributed by atoms with Gasteiger partial charge in [-0.2, -0.15) is 0 Å². The SMILES string of the molecule is Cc1ccc2nc(COCC(=O)NC3C=CS(=O)(=O)C3)[nH]c2c1. The van der Waals surface area contributed by atoms with E-state index >= 15 is 0 Å². The Labute approximate surface area is 133 Å². The molecule has 1 aromatic heterocycles. The summed E-state index contributed by atoms with van der Waals surface area (Å²) >= 11 is 0. The first kappa shape index (κ1) is 15.7. The normalized spacial score (nSPS) is 19.3. The van der Waals surface area contributed by atoms with Gasteiger partial charge < -0.3 is 15.0 Å². The average molecular weight is 335 g/mol. The Bertz CT molecular complexity index is 870. The van der Waals surface area contributed by atoms with Crippen molar-refractivity contribution in [1.29, 1.82) is 0 Å². The third kappa shape index (κ3) is 3.96. The summed E-state index contributed by atoms with van der Waals surface area (Å²) in [6, 6.07) is 5.41. The highest BCUT2D eigenvalue weighted by atomic mass is 32.2. The van der Waals surface area contributed by atoms with Crippen molar-refractivity contribution in [2.45, 2.75) is 19.6 Å². The highest BCUT2D eigenvalue weighted by molar-refractivity contribution is 7.94. The number of carbonyl (C=O) groups is 1. The third-order valence-electron chi connectivity index (χ3n) is 3.43. The number of aryl methyl sites for hydroxylation is 1. The molecular formula is C15H17N3O4S. The Hall–Kier alpha value is -2.19. The summed E-state index contributed by atoms with van der Waals surface area (Å²) in [5, 5.41) is 3.71. The van der Waals surface area contributed by atoms with Crippen molar-refractivity contribution < 1.29 is 17.9 Å².